The highest BCUT2D eigenvalue weighted by Gasteiger charge is 2.20. The zero-order chi connectivity index (χ0) is 19.7. The molecule has 4 aromatic rings. The molecule has 2 heterocycles. The predicted octanol–water partition coefficient (Wildman–Crippen LogP) is 2.66. The van der Waals surface area contributed by atoms with E-state index in [-0.39, 0.29) is 10.9 Å². The van der Waals surface area contributed by atoms with Crippen molar-refractivity contribution in [3.8, 4) is 0 Å². The minimum atomic E-state index is -3.35. The lowest BCUT2D eigenvalue weighted by molar-refractivity contribution is 0.602. The average Bonchev–Trinajstić information content (AvgIpc) is 3.11. The second-order valence-corrected chi connectivity index (χ2v) is 8.46. The van der Waals surface area contributed by atoms with Crippen molar-refractivity contribution in [1.82, 2.24) is 25.1 Å². The van der Waals surface area contributed by atoms with Crippen molar-refractivity contribution in [2.24, 2.45) is 0 Å². The smallest absolute Gasteiger partial charge is 0.177 e. The Morgan fingerprint density at radius 1 is 1.07 bits per heavy atom. The van der Waals surface area contributed by atoms with Gasteiger partial charge in [-0.15, -0.1) is 0 Å². The Labute approximate surface area is 162 Å². The summed E-state index contributed by atoms with van der Waals surface area (Å²) < 4.78 is 23.9. The van der Waals surface area contributed by atoms with Gasteiger partial charge < -0.3 is 5.32 Å². The van der Waals surface area contributed by atoms with Crippen molar-refractivity contribution in [3.63, 3.8) is 0 Å². The van der Waals surface area contributed by atoms with Crippen LogP contribution in [0, 0.1) is 6.92 Å². The van der Waals surface area contributed by atoms with E-state index in [1.165, 1.54) is 12.6 Å². The third kappa shape index (κ3) is 3.56. The molecule has 0 aliphatic heterocycles. The molecule has 28 heavy (non-hydrogen) atoms. The van der Waals surface area contributed by atoms with Gasteiger partial charge in [0, 0.05) is 11.6 Å². The summed E-state index contributed by atoms with van der Waals surface area (Å²) in [6.07, 6.45) is 2.62. The van der Waals surface area contributed by atoms with Gasteiger partial charge in [-0.05, 0) is 30.7 Å². The molecule has 0 radical (unpaired) electrons. The van der Waals surface area contributed by atoms with Gasteiger partial charge >= 0.3 is 0 Å². The molecule has 1 unspecified atom stereocenters. The Kier molecular flexibility index (Phi) is 4.52. The molecule has 0 aliphatic rings. The number of fused-ring (bicyclic) bond motifs is 1. The Hall–Kier alpha value is -3.33. The molecule has 0 bridgehead atoms. The van der Waals surface area contributed by atoms with Gasteiger partial charge in [0.1, 0.15) is 24.0 Å². The first-order valence-corrected chi connectivity index (χ1v) is 10.5. The molecule has 1 atom stereocenters. The maximum absolute atomic E-state index is 12.0. The molecule has 2 aromatic carbocycles. The molecule has 9 heteroatoms. The molecule has 0 saturated heterocycles. The average molecular weight is 394 g/mol. The van der Waals surface area contributed by atoms with E-state index in [0.717, 1.165) is 5.56 Å². The standard InChI is InChI=1S/C19H18N6O2S/c1-12-22-19(25-24-12)17(13-6-4-3-5-7-13)23-18-15-10-14(28(2,26)27)8-9-16(15)20-11-21-18/h3-11,17H,1-2H3,(H,20,21,23)(H,22,24,25). The Morgan fingerprint density at radius 2 is 1.86 bits per heavy atom. The lowest BCUT2D eigenvalue weighted by Crippen LogP contribution is -2.15. The highest BCUT2D eigenvalue weighted by atomic mass is 32.2. The van der Waals surface area contributed by atoms with E-state index in [1.54, 1.807) is 18.2 Å². The van der Waals surface area contributed by atoms with Crippen molar-refractivity contribution < 1.29 is 8.42 Å². The van der Waals surface area contributed by atoms with E-state index in [4.69, 9.17) is 0 Å². The van der Waals surface area contributed by atoms with Crippen LogP contribution in [0.2, 0.25) is 0 Å². The van der Waals surface area contributed by atoms with Gasteiger partial charge in [0.05, 0.1) is 10.4 Å². The van der Waals surface area contributed by atoms with E-state index in [9.17, 15) is 8.42 Å². The summed E-state index contributed by atoms with van der Waals surface area (Å²) in [5, 5.41) is 11.1. The minimum absolute atomic E-state index is 0.211. The maximum atomic E-state index is 12.0. The minimum Gasteiger partial charge on any atom is -0.356 e. The van der Waals surface area contributed by atoms with Crippen LogP contribution in [0.1, 0.15) is 23.3 Å². The number of aromatic amines is 1. The van der Waals surface area contributed by atoms with Crippen molar-refractivity contribution >= 4 is 26.6 Å². The van der Waals surface area contributed by atoms with Crippen LogP contribution >= 0.6 is 0 Å². The molecule has 0 aliphatic carbocycles. The molecule has 0 spiro atoms. The molecule has 142 valence electrons. The van der Waals surface area contributed by atoms with Gasteiger partial charge in [-0.25, -0.2) is 23.4 Å². The SMILES string of the molecule is Cc1nc(C(Nc2ncnc3ccc(S(C)(=O)=O)cc23)c2ccccc2)n[nH]1. The number of H-pyrrole nitrogens is 1. The summed E-state index contributed by atoms with van der Waals surface area (Å²) in [6, 6.07) is 14.2. The first-order chi connectivity index (χ1) is 13.4. The lowest BCUT2D eigenvalue weighted by Gasteiger charge is -2.18. The number of hydrogen-bond acceptors (Lipinski definition) is 7. The summed E-state index contributed by atoms with van der Waals surface area (Å²) in [5.74, 6) is 1.77. The Morgan fingerprint density at radius 3 is 2.54 bits per heavy atom. The van der Waals surface area contributed by atoms with E-state index < -0.39 is 9.84 Å². The number of benzene rings is 2. The third-order valence-electron chi connectivity index (χ3n) is 4.32. The van der Waals surface area contributed by atoms with Gasteiger partial charge in [-0.1, -0.05) is 30.3 Å². The van der Waals surface area contributed by atoms with E-state index in [1.807, 2.05) is 37.3 Å². The zero-order valence-corrected chi connectivity index (χ0v) is 16.1. The molecule has 4 rings (SSSR count). The number of hydrogen-bond donors (Lipinski definition) is 2. The van der Waals surface area contributed by atoms with E-state index in [0.29, 0.717) is 28.4 Å². The highest BCUT2D eigenvalue weighted by Crippen LogP contribution is 2.28. The third-order valence-corrected chi connectivity index (χ3v) is 5.43. The van der Waals surface area contributed by atoms with Crippen LogP contribution < -0.4 is 5.32 Å². The number of aryl methyl sites for hydroxylation is 1. The largest absolute Gasteiger partial charge is 0.356 e. The summed E-state index contributed by atoms with van der Waals surface area (Å²) in [6.45, 7) is 1.83. The van der Waals surface area contributed by atoms with Gasteiger partial charge in [-0.3, -0.25) is 5.10 Å². The van der Waals surface area contributed by atoms with Crippen LogP contribution in [0.4, 0.5) is 5.82 Å². The molecule has 8 nitrogen and oxygen atoms in total. The summed E-state index contributed by atoms with van der Waals surface area (Å²) in [5.41, 5.74) is 1.59. The van der Waals surface area contributed by atoms with Gasteiger partial charge in [-0.2, -0.15) is 5.10 Å². The fourth-order valence-electron chi connectivity index (χ4n) is 2.95. The first kappa shape index (κ1) is 18.1. The monoisotopic (exact) mass is 394 g/mol. The topological polar surface area (TPSA) is 114 Å². The highest BCUT2D eigenvalue weighted by molar-refractivity contribution is 7.90. The van der Waals surface area contributed by atoms with Crippen LogP contribution in [0.25, 0.3) is 10.9 Å². The normalized spacial score (nSPS) is 12.8. The van der Waals surface area contributed by atoms with Gasteiger partial charge in [0.15, 0.2) is 15.7 Å². The molecule has 0 saturated carbocycles. The number of sulfone groups is 1. The quantitative estimate of drug-likeness (QED) is 0.535. The zero-order valence-electron chi connectivity index (χ0n) is 15.3. The molecular weight excluding hydrogens is 376 g/mol. The van der Waals surface area contributed by atoms with Gasteiger partial charge in [0.25, 0.3) is 0 Å². The first-order valence-electron chi connectivity index (χ1n) is 8.57. The van der Waals surface area contributed by atoms with Crippen LogP contribution in [0.5, 0.6) is 0 Å². The Balaban J connectivity index is 1.83. The van der Waals surface area contributed by atoms with Crippen LogP contribution in [0.3, 0.4) is 0 Å². The molecular formula is C19H18N6O2S. The van der Waals surface area contributed by atoms with Crippen LogP contribution in [-0.4, -0.2) is 39.8 Å². The lowest BCUT2D eigenvalue weighted by atomic mass is 10.1. The summed E-state index contributed by atoms with van der Waals surface area (Å²) in [4.78, 5) is 13.2. The number of rotatable bonds is 5. The fourth-order valence-corrected chi connectivity index (χ4v) is 3.60. The number of aromatic nitrogens is 5. The van der Waals surface area contributed by atoms with Crippen LogP contribution in [-0.2, 0) is 9.84 Å². The number of anilines is 1. The second-order valence-electron chi connectivity index (χ2n) is 6.44. The molecule has 2 aromatic heterocycles. The van der Waals surface area contributed by atoms with Crippen molar-refractivity contribution in [2.75, 3.05) is 11.6 Å². The summed E-state index contributed by atoms with van der Waals surface area (Å²) in [7, 11) is -3.35. The maximum Gasteiger partial charge on any atom is 0.177 e. The van der Waals surface area contributed by atoms with Crippen molar-refractivity contribution in [3.05, 3.63) is 72.1 Å². The summed E-state index contributed by atoms with van der Waals surface area (Å²) >= 11 is 0. The predicted molar refractivity (Wildman–Crippen MR) is 106 cm³/mol. The van der Waals surface area contributed by atoms with Crippen LogP contribution in [0.15, 0.2) is 59.8 Å². The van der Waals surface area contributed by atoms with E-state index in [2.05, 4.69) is 30.5 Å². The van der Waals surface area contributed by atoms with Gasteiger partial charge in [0.2, 0.25) is 0 Å². The van der Waals surface area contributed by atoms with Crippen molar-refractivity contribution in [2.45, 2.75) is 17.9 Å². The Bertz CT molecular complexity index is 1240. The molecule has 0 fully saturated rings. The fraction of sp³-hybridized carbons (Fsp3) is 0.158. The van der Waals surface area contributed by atoms with Crippen molar-refractivity contribution in [1.29, 1.82) is 0 Å². The molecule has 0 amide bonds. The number of nitrogens with one attached hydrogen (secondary N) is 2. The molecule has 2 N–H and O–H groups in total. The van der Waals surface area contributed by atoms with E-state index >= 15 is 0 Å². The number of nitrogens with zero attached hydrogens (tertiary/aromatic N) is 4. The second kappa shape index (κ2) is 7.01.